The second-order valence-electron chi connectivity index (χ2n) is 2.19. The fourth-order valence-electron chi connectivity index (χ4n) is 0.795. The van der Waals surface area contributed by atoms with Crippen LogP contribution in [0.3, 0.4) is 0 Å². The van der Waals surface area contributed by atoms with Crippen LogP contribution in [0.5, 0.6) is 0 Å². The van der Waals surface area contributed by atoms with E-state index in [1.54, 1.807) is 0 Å². The highest BCUT2D eigenvalue weighted by molar-refractivity contribution is 6.31. The zero-order valence-electron chi connectivity index (χ0n) is 5.45. The molecule has 9 heavy (non-hydrogen) atoms. The average molecular weight is 141 g/mol. The van der Waals surface area contributed by atoms with Crippen molar-refractivity contribution in [2.24, 2.45) is 0 Å². The van der Waals surface area contributed by atoms with Crippen LogP contribution in [0.2, 0.25) is 0 Å². The van der Waals surface area contributed by atoms with Gasteiger partial charge in [-0.3, -0.25) is 0 Å². The normalized spacial score (nSPS) is 18.4. The molecule has 0 fully saturated rings. The molecular weight excluding hydrogens is 132 g/mol. The standard InChI is InChI=1S/C8H9Cl/c1-7-4-2-3-5-8(9)6-7/h3,5H,2,4H2,1H3. The Morgan fingerprint density at radius 1 is 1.67 bits per heavy atom. The molecule has 0 aromatic rings. The molecule has 1 aliphatic rings. The third-order valence-corrected chi connectivity index (χ3v) is 1.50. The predicted molar refractivity (Wildman–Crippen MR) is 40.4 cm³/mol. The van der Waals surface area contributed by atoms with Gasteiger partial charge in [0.25, 0.3) is 0 Å². The van der Waals surface area contributed by atoms with E-state index in [4.69, 9.17) is 11.6 Å². The van der Waals surface area contributed by atoms with Crippen LogP contribution in [0.25, 0.3) is 0 Å². The third-order valence-electron chi connectivity index (χ3n) is 1.28. The van der Waals surface area contributed by atoms with Crippen molar-refractivity contribution >= 4 is 11.6 Å². The lowest BCUT2D eigenvalue weighted by Gasteiger charge is -1.87. The maximum absolute atomic E-state index is 5.71. The van der Waals surface area contributed by atoms with Gasteiger partial charge in [0.1, 0.15) is 0 Å². The van der Waals surface area contributed by atoms with Crippen molar-refractivity contribution in [1.29, 1.82) is 0 Å². The van der Waals surface area contributed by atoms with Gasteiger partial charge in [0.15, 0.2) is 0 Å². The SMILES string of the molecule is CC1=C=C(Cl)C=CCC1. The third kappa shape index (κ3) is 2.09. The second-order valence-corrected chi connectivity index (χ2v) is 2.60. The molecule has 0 bridgehead atoms. The summed E-state index contributed by atoms with van der Waals surface area (Å²) in [6.45, 7) is 2.05. The molecule has 0 aromatic carbocycles. The lowest BCUT2D eigenvalue weighted by atomic mass is 10.2. The molecule has 1 aliphatic carbocycles. The smallest absolute Gasteiger partial charge is 0.0820 e. The Labute approximate surface area is 60.5 Å². The molecule has 0 nitrogen and oxygen atoms in total. The van der Waals surface area contributed by atoms with Crippen LogP contribution in [0.1, 0.15) is 19.8 Å². The minimum absolute atomic E-state index is 0.727. The van der Waals surface area contributed by atoms with Crippen molar-refractivity contribution in [2.75, 3.05) is 0 Å². The predicted octanol–water partition coefficient (Wildman–Crippen LogP) is 3.00. The molecule has 0 atom stereocenters. The minimum Gasteiger partial charge on any atom is -0.102 e. The van der Waals surface area contributed by atoms with Crippen molar-refractivity contribution in [1.82, 2.24) is 0 Å². The number of halogens is 1. The van der Waals surface area contributed by atoms with Gasteiger partial charge in [0, 0.05) is 0 Å². The Morgan fingerprint density at radius 3 is 3.22 bits per heavy atom. The highest BCUT2D eigenvalue weighted by Gasteiger charge is 1.91. The average Bonchev–Trinajstić information content (AvgIpc) is 1.93. The molecule has 1 heteroatoms. The van der Waals surface area contributed by atoms with Crippen LogP contribution in [-0.4, -0.2) is 0 Å². The summed E-state index contributed by atoms with van der Waals surface area (Å²) in [4.78, 5) is 0. The van der Waals surface area contributed by atoms with Gasteiger partial charge < -0.3 is 0 Å². The highest BCUT2D eigenvalue weighted by atomic mass is 35.5. The molecule has 0 spiro atoms. The van der Waals surface area contributed by atoms with Gasteiger partial charge in [0.05, 0.1) is 5.03 Å². The van der Waals surface area contributed by atoms with E-state index in [9.17, 15) is 0 Å². The van der Waals surface area contributed by atoms with Crippen LogP contribution < -0.4 is 0 Å². The first-order chi connectivity index (χ1) is 4.29. The lowest BCUT2D eigenvalue weighted by Crippen LogP contribution is -1.68. The fraction of sp³-hybridized carbons (Fsp3) is 0.375. The Bertz CT molecular complexity index is 193. The van der Waals surface area contributed by atoms with E-state index in [0.29, 0.717) is 0 Å². The van der Waals surface area contributed by atoms with Gasteiger partial charge in [0.2, 0.25) is 0 Å². The summed E-state index contributed by atoms with van der Waals surface area (Å²) in [5.41, 5.74) is 4.29. The van der Waals surface area contributed by atoms with Crippen LogP contribution in [0.15, 0.2) is 28.5 Å². The van der Waals surface area contributed by atoms with Crippen molar-refractivity contribution in [3.8, 4) is 0 Å². The fourth-order valence-corrected chi connectivity index (χ4v) is 1.05. The van der Waals surface area contributed by atoms with Crippen LogP contribution >= 0.6 is 11.6 Å². The molecular formula is C8H9Cl. The van der Waals surface area contributed by atoms with Gasteiger partial charge >= 0.3 is 0 Å². The first-order valence-electron chi connectivity index (χ1n) is 3.07. The summed E-state index contributed by atoms with van der Waals surface area (Å²) >= 11 is 5.71. The Kier molecular flexibility index (Phi) is 2.16. The first kappa shape index (κ1) is 6.67. The van der Waals surface area contributed by atoms with E-state index in [1.165, 1.54) is 5.57 Å². The molecule has 48 valence electrons. The molecule has 0 aromatic heterocycles. The Balaban J connectivity index is 2.94. The van der Waals surface area contributed by atoms with Crippen LogP contribution in [-0.2, 0) is 0 Å². The maximum Gasteiger partial charge on any atom is 0.0820 e. The molecule has 0 amide bonds. The highest BCUT2D eigenvalue weighted by Crippen LogP contribution is 2.12. The summed E-state index contributed by atoms with van der Waals surface area (Å²) < 4.78 is 0. The summed E-state index contributed by atoms with van der Waals surface area (Å²) in [5.74, 6) is 0. The van der Waals surface area contributed by atoms with E-state index in [0.717, 1.165) is 17.9 Å². The maximum atomic E-state index is 5.71. The van der Waals surface area contributed by atoms with Crippen molar-refractivity contribution in [3.63, 3.8) is 0 Å². The molecule has 0 radical (unpaired) electrons. The summed E-state index contributed by atoms with van der Waals surface area (Å²) in [7, 11) is 0. The zero-order valence-corrected chi connectivity index (χ0v) is 6.20. The number of hydrogen-bond acceptors (Lipinski definition) is 0. The Hall–Kier alpha value is -0.450. The van der Waals surface area contributed by atoms with Crippen LogP contribution in [0.4, 0.5) is 0 Å². The van der Waals surface area contributed by atoms with E-state index in [1.807, 2.05) is 6.08 Å². The molecule has 0 heterocycles. The topological polar surface area (TPSA) is 0 Å². The van der Waals surface area contributed by atoms with Crippen molar-refractivity contribution in [3.05, 3.63) is 28.5 Å². The largest absolute Gasteiger partial charge is 0.102 e. The van der Waals surface area contributed by atoms with Gasteiger partial charge in [-0.25, -0.2) is 0 Å². The van der Waals surface area contributed by atoms with Gasteiger partial charge in [-0.2, -0.15) is 0 Å². The second kappa shape index (κ2) is 2.91. The molecule has 1 rings (SSSR count). The summed E-state index contributed by atoms with van der Waals surface area (Å²) in [5, 5.41) is 0.727. The summed E-state index contributed by atoms with van der Waals surface area (Å²) in [6.07, 6.45) is 6.16. The quantitative estimate of drug-likeness (QED) is 0.454. The van der Waals surface area contributed by atoms with Crippen molar-refractivity contribution < 1.29 is 0 Å². The van der Waals surface area contributed by atoms with Crippen molar-refractivity contribution in [2.45, 2.75) is 19.8 Å². The molecule has 0 N–H and O–H groups in total. The number of hydrogen-bond donors (Lipinski definition) is 0. The van der Waals surface area contributed by atoms with E-state index in [-0.39, 0.29) is 0 Å². The molecule has 0 aliphatic heterocycles. The number of rotatable bonds is 0. The van der Waals surface area contributed by atoms with E-state index >= 15 is 0 Å². The molecule has 0 saturated carbocycles. The number of allylic oxidation sites excluding steroid dienone is 3. The Morgan fingerprint density at radius 2 is 2.44 bits per heavy atom. The van der Waals surface area contributed by atoms with Crippen LogP contribution in [0, 0.1) is 0 Å². The monoisotopic (exact) mass is 140 g/mol. The van der Waals surface area contributed by atoms with E-state index in [2.05, 4.69) is 18.7 Å². The molecule has 0 unspecified atom stereocenters. The lowest BCUT2D eigenvalue weighted by molar-refractivity contribution is 0.986. The van der Waals surface area contributed by atoms with Gasteiger partial charge in [-0.05, 0) is 31.4 Å². The van der Waals surface area contributed by atoms with Gasteiger partial charge in [-0.1, -0.05) is 17.7 Å². The van der Waals surface area contributed by atoms with E-state index < -0.39 is 0 Å². The van der Waals surface area contributed by atoms with Gasteiger partial charge in [-0.15, -0.1) is 5.73 Å². The zero-order chi connectivity index (χ0) is 6.69. The first-order valence-corrected chi connectivity index (χ1v) is 3.45. The minimum atomic E-state index is 0.727. The summed E-state index contributed by atoms with van der Waals surface area (Å²) in [6, 6.07) is 0. The molecule has 0 saturated heterocycles.